The van der Waals surface area contributed by atoms with E-state index in [2.05, 4.69) is 19.9 Å². The smallest absolute Gasteiger partial charge is 0.278 e. The van der Waals surface area contributed by atoms with Crippen molar-refractivity contribution in [2.75, 3.05) is 18.3 Å². The van der Waals surface area contributed by atoms with Crippen molar-refractivity contribution in [1.29, 1.82) is 0 Å². The third-order valence-electron chi connectivity index (χ3n) is 9.24. The van der Waals surface area contributed by atoms with Crippen LogP contribution in [0, 0.1) is 17.0 Å². The van der Waals surface area contributed by atoms with E-state index in [4.69, 9.17) is 9.47 Å². The van der Waals surface area contributed by atoms with Gasteiger partial charge in [-0.25, -0.2) is 4.39 Å². The molecule has 1 aliphatic carbocycles. The second-order valence-corrected chi connectivity index (χ2v) is 13.4. The Morgan fingerprint density at radius 3 is 2.55 bits per heavy atom. The Bertz CT molecular complexity index is 1730. The summed E-state index contributed by atoms with van der Waals surface area (Å²) in [5.74, 6) is -2.55. The van der Waals surface area contributed by atoms with Crippen LogP contribution in [0.3, 0.4) is 0 Å². The quantitative estimate of drug-likeness (QED) is 0.319. The first-order valence-electron chi connectivity index (χ1n) is 14.8. The fraction of sp³-hybridized carbons (Fsp3) is 0.353. The molecule has 4 aliphatic rings. The Hall–Kier alpha value is -4.05. The van der Waals surface area contributed by atoms with Gasteiger partial charge in [-0.15, -0.1) is 11.8 Å². The normalized spacial score (nSPS) is 23.7. The predicted octanol–water partition coefficient (Wildman–Crippen LogP) is 6.32. The molecule has 2 aromatic carbocycles. The molecular weight excluding hydrogens is 584 g/mol. The molecule has 1 unspecified atom stereocenters. The summed E-state index contributed by atoms with van der Waals surface area (Å²) < 4.78 is 44.1. The van der Waals surface area contributed by atoms with E-state index in [9.17, 15) is 14.0 Å². The first kappa shape index (κ1) is 28.7. The highest BCUT2D eigenvalue weighted by molar-refractivity contribution is 8.03. The number of hydrogen-bond acceptors (Lipinski definition) is 6. The third-order valence-corrected chi connectivity index (χ3v) is 10.7. The van der Waals surface area contributed by atoms with Crippen LogP contribution in [0.25, 0.3) is 0 Å². The third kappa shape index (κ3) is 4.62. The molecule has 0 radical (unpaired) electrons. The lowest BCUT2D eigenvalue weighted by Crippen LogP contribution is -2.65. The number of amides is 1. The van der Waals surface area contributed by atoms with Crippen molar-refractivity contribution in [1.82, 2.24) is 9.58 Å². The van der Waals surface area contributed by atoms with Gasteiger partial charge in [0.15, 0.2) is 23.0 Å². The summed E-state index contributed by atoms with van der Waals surface area (Å²) in [4.78, 5) is 29.8. The Balaban J connectivity index is 1.46. The van der Waals surface area contributed by atoms with Crippen LogP contribution in [0.15, 0.2) is 83.2 Å². The summed E-state index contributed by atoms with van der Waals surface area (Å²) in [6.45, 7) is 4.48. The second kappa shape index (κ2) is 10.8. The Kier molecular flexibility index (Phi) is 7.07. The zero-order valence-electron chi connectivity index (χ0n) is 24.5. The number of ether oxygens (including phenoxy) is 2. The number of carbonyl (C=O) groups is 1. The molecule has 1 aromatic heterocycles. The number of thioether (sulfide) groups is 1. The molecule has 3 aromatic rings. The van der Waals surface area contributed by atoms with Crippen molar-refractivity contribution in [2.24, 2.45) is 5.41 Å². The van der Waals surface area contributed by atoms with Gasteiger partial charge in [0.2, 0.25) is 11.2 Å². The summed E-state index contributed by atoms with van der Waals surface area (Å²) in [6, 6.07) is 12.9. The SMILES string of the molecule is CC1(C)C=CSC1[C@@H]1c2ccc(F)c(F)c2OC/C=C/C2(CCC2)N2CN1n1ccc(=O)c(OCc3ccccc3)c1C2=O. The molecule has 2 bridgehead atoms. The van der Waals surface area contributed by atoms with Crippen LogP contribution >= 0.6 is 11.8 Å². The Morgan fingerprint density at radius 1 is 1.05 bits per heavy atom. The van der Waals surface area contributed by atoms with E-state index in [1.54, 1.807) is 34.8 Å². The molecule has 1 saturated carbocycles. The van der Waals surface area contributed by atoms with E-state index in [0.29, 0.717) is 5.56 Å². The van der Waals surface area contributed by atoms with Crippen molar-refractivity contribution in [3.05, 3.63) is 117 Å². The number of aromatic nitrogens is 1. The maximum atomic E-state index is 15.6. The van der Waals surface area contributed by atoms with Gasteiger partial charge in [-0.1, -0.05) is 62.4 Å². The molecule has 10 heteroatoms. The van der Waals surface area contributed by atoms with E-state index in [1.807, 2.05) is 51.7 Å². The highest BCUT2D eigenvalue weighted by Crippen LogP contribution is 2.52. The van der Waals surface area contributed by atoms with Crippen molar-refractivity contribution in [3.63, 3.8) is 0 Å². The Labute approximate surface area is 258 Å². The number of benzene rings is 2. The van der Waals surface area contributed by atoms with Crippen LogP contribution in [-0.4, -0.2) is 39.5 Å². The fourth-order valence-corrected chi connectivity index (χ4v) is 8.14. The van der Waals surface area contributed by atoms with Crippen molar-refractivity contribution >= 4 is 17.7 Å². The zero-order valence-corrected chi connectivity index (χ0v) is 25.4. The molecule has 1 fully saturated rings. The standard InChI is InChI=1S/C34H33F2N3O4S/c1-33(2)16-19-44-31(33)27-23-10-11-24(35)26(36)29(23)42-18-7-15-34(13-6-14-34)37-21-39(27)38-17-12-25(40)30(28(38)32(37)41)43-20-22-8-4-3-5-9-22/h3-5,7-12,15-17,19,27,31H,6,13-14,18,20-21H2,1-2H3/b15-7+/t27-,31?/m0/s1. The van der Waals surface area contributed by atoms with Crippen LogP contribution < -0.4 is 19.9 Å². The van der Waals surface area contributed by atoms with Gasteiger partial charge >= 0.3 is 0 Å². The van der Waals surface area contributed by atoms with E-state index >= 15 is 4.39 Å². The van der Waals surface area contributed by atoms with Gasteiger partial charge in [-0.3, -0.25) is 19.3 Å². The van der Waals surface area contributed by atoms with Gasteiger partial charge in [0.05, 0.1) is 11.6 Å². The summed E-state index contributed by atoms with van der Waals surface area (Å²) in [6.07, 6.45) is 9.79. The van der Waals surface area contributed by atoms with Gasteiger partial charge in [0.25, 0.3) is 5.91 Å². The van der Waals surface area contributed by atoms with E-state index < -0.39 is 28.6 Å². The molecule has 3 aliphatic heterocycles. The van der Waals surface area contributed by atoms with Crippen LogP contribution in [0.5, 0.6) is 11.5 Å². The summed E-state index contributed by atoms with van der Waals surface area (Å²) >= 11 is 1.60. The van der Waals surface area contributed by atoms with Crippen LogP contribution in [0.2, 0.25) is 0 Å². The average Bonchev–Trinajstić information content (AvgIpc) is 3.33. The molecule has 1 amide bonds. The number of rotatable bonds is 4. The maximum Gasteiger partial charge on any atom is 0.278 e. The summed E-state index contributed by atoms with van der Waals surface area (Å²) in [7, 11) is 0. The lowest BCUT2D eigenvalue weighted by Gasteiger charge is -2.55. The molecule has 0 N–H and O–H groups in total. The minimum absolute atomic E-state index is 0.0135. The maximum absolute atomic E-state index is 15.6. The van der Waals surface area contributed by atoms with E-state index in [0.717, 1.165) is 30.9 Å². The first-order valence-corrected chi connectivity index (χ1v) is 15.8. The van der Waals surface area contributed by atoms with Crippen molar-refractivity contribution < 1.29 is 23.0 Å². The largest absolute Gasteiger partial charge is 0.486 e. The van der Waals surface area contributed by atoms with Crippen LogP contribution in [-0.2, 0) is 6.61 Å². The lowest BCUT2D eigenvalue weighted by atomic mass is 9.74. The number of pyridine rings is 1. The number of halogens is 2. The summed E-state index contributed by atoms with van der Waals surface area (Å²) in [5, 5.41) is 3.83. The fourth-order valence-electron chi connectivity index (χ4n) is 6.68. The van der Waals surface area contributed by atoms with Gasteiger partial charge < -0.3 is 14.4 Å². The topological polar surface area (TPSA) is 64.0 Å². The van der Waals surface area contributed by atoms with E-state index in [-0.39, 0.29) is 53.6 Å². The van der Waals surface area contributed by atoms with Gasteiger partial charge in [-0.05, 0) is 47.8 Å². The Morgan fingerprint density at radius 2 is 1.84 bits per heavy atom. The second-order valence-electron chi connectivity index (χ2n) is 12.4. The molecule has 7 nitrogen and oxygen atoms in total. The highest BCUT2D eigenvalue weighted by Gasteiger charge is 2.51. The predicted molar refractivity (Wildman–Crippen MR) is 165 cm³/mol. The molecule has 7 rings (SSSR count). The monoisotopic (exact) mass is 617 g/mol. The minimum atomic E-state index is -1.05. The van der Waals surface area contributed by atoms with Crippen LogP contribution in [0.4, 0.5) is 8.78 Å². The summed E-state index contributed by atoms with van der Waals surface area (Å²) in [5.41, 5.74) is 0.0445. The molecular formula is C34H33F2N3O4S. The van der Waals surface area contributed by atoms with Gasteiger partial charge in [0.1, 0.15) is 19.9 Å². The zero-order chi connectivity index (χ0) is 30.6. The van der Waals surface area contributed by atoms with Gasteiger partial charge in [0, 0.05) is 23.1 Å². The average molecular weight is 618 g/mol. The number of hydrogen-bond donors (Lipinski definition) is 0. The number of allylic oxidation sites excluding steroid dienone is 1. The first-order chi connectivity index (χ1) is 21.2. The number of carbonyl (C=O) groups excluding carboxylic acids is 1. The number of nitrogens with zero attached hydrogens (tertiary/aromatic N) is 3. The van der Waals surface area contributed by atoms with Crippen molar-refractivity contribution in [3.8, 4) is 11.5 Å². The minimum Gasteiger partial charge on any atom is -0.486 e. The highest BCUT2D eigenvalue weighted by atomic mass is 32.2. The van der Waals surface area contributed by atoms with E-state index in [1.165, 1.54) is 6.07 Å². The molecule has 4 heterocycles. The van der Waals surface area contributed by atoms with Crippen LogP contribution in [0.1, 0.15) is 60.8 Å². The lowest BCUT2D eigenvalue weighted by molar-refractivity contribution is 0.0241. The molecule has 2 atom stereocenters. The molecule has 228 valence electrons. The molecule has 1 spiro atoms. The molecule has 0 saturated heterocycles. The van der Waals surface area contributed by atoms with Crippen molar-refractivity contribution in [2.45, 2.75) is 56.5 Å². The number of fused-ring (bicyclic) bond motifs is 6. The molecule has 44 heavy (non-hydrogen) atoms. The van der Waals surface area contributed by atoms with Gasteiger partial charge in [-0.2, -0.15) is 4.39 Å².